The molecule has 0 bridgehead atoms. The molecule has 4 heavy (non-hydrogen) atoms. The van der Waals surface area contributed by atoms with E-state index in [2.05, 4.69) is 17.7 Å². The molecule has 0 aliphatic rings. The van der Waals surface area contributed by atoms with Gasteiger partial charge in [0.15, 0.2) is 0 Å². The molecular formula is HgI2K. The molecule has 0 aromatic rings. The van der Waals surface area contributed by atoms with E-state index in [1.54, 1.807) is 0 Å². The van der Waals surface area contributed by atoms with Gasteiger partial charge in [-0.25, -0.2) is 0 Å². The van der Waals surface area contributed by atoms with Crippen LogP contribution in [-0.2, 0) is 21.8 Å². The molecule has 0 fully saturated rings. The maximum absolute atomic E-state index is 2.34. The third-order valence-corrected chi connectivity index (χ3v) is 0. The molecule has 0 saturated heterocycles. The van der Waals surface area contributed by atoms with Crippen LogP contribution in [0.25, 0.3) is 0 Å². The van der Waals surface area contributed by atoms with Crippen LogP contribution in [0.3, 0.4) is 0 Å². The Morgan fingerprint density at radius 2 is 1.25 bits per heavy atom. The van der Waals surface area contributed by atoms with Crippen molar-refractivity contribution in [2.24, 2.45) is 0 Å². The Bertz CT molecular complexity index is 6.00. The zero-order valence-electron chi connectivity index (χ0n) is 2.46. The molecule has 0 heterocycles. The average molecular weight is 493 g/mol. The van der Waals surface area contributed by atoms with E-state index in [0.717, 1.165) is 21.8 Å². The second kappa shape index (κ2) is 15.7. The number of halogens is 2. The van der Waals surface area contributed by atoms with Crippen molar-refractivity contribution >= 4 is 17.7 Å². The fourth-order valence-electron chi connectivity index (χ4n) is 0. The molecule has 0 amide bonds. The Labute approximate surface area is 111 Å². The van der Waals surface area contributed by atoms with E-state index in [4.69, 9.17) is 0 Å². The van der Waals surface area contributed by atoms with E-state index < -0.39 is 0 Å². The molecule has 0 rings (SSSR count). The Morgan fingerprint density at radius 3 is 1.25 bits per heavy atom. The van der Waals surface area contributed by atoms with Crippen LogP contribution in [0.5, 0.6) is 0 Å². The summed E-state index contributed by atoms with van der Waals surface area (Å²) in [7, 11) is 0. The van der Waals surface area contributed by atoms with Gasteiger partial charge < -0.3 is 24.0 Å². The summed E-state index contributed by atoms with van der Waals surface area (Å²) in [6, 6.07) is 0. The van der Waals surface area contributed by atoms with Crippen LogP contribution in [0.4, 0.5) is 0 Å². The Kier molecular flexibility index (Phi) is 61.7. The summed E-state index contributed by atoms with van der Waals surface area (Å²) >= 11 is 3.34. The Balaban J connectivity index is -0.00000000500. The van der Waals surface area contributed by atoms with Gasteiger partial charge in [0.05, 0.1) is 0 Å². The first kappa shape index (κ1) is 15.7. The molecule has 0 unspecified atom stereocenters. The minimum absolute atomic E-state index is 0. The average Bonchev–Trinajstić information content (AvgIpc) is 1.00. The van der Waals surface area contributed by atoms with Crippen molar-refractivity contribution in [2.75, 3.05) is 0 Å². The molecule has 0 aromatic heterocycles. The zero-order chi connectivity index (χ0) is 2.00. The summed E-state index contributed by atoms with van der Waals surface area (Å²) in [6.45, 7) is 0. The molecule has 0 spiro atoms. The fraction of sp³-hybridized carbons (Fsp3) is 0. The van der Waals surface area contributed by atoms with Gasteiger partial charge in [-0.05, 0) is 0 Å². The number of rotatable bonds is 0. The van der Waals surface area contributed by atoms with Gasteiger partial charge in [0.2, 0.25) is 0 Å². The molecular weight excluding hydrogens is 493 g/mol. The second-order valence-electron chi connectivity index (χ2n) is 0. The van der Waals surface area contributed by atoms with Crippen molar-refractivity contribution in [3.05, 3.63) is 0 Å². The third-order valence-electron chi connectivity index (χ3n) is 0. The number of hydrogen-bond donors (Lipinski definition) is 0. The van der Waals surface area contributed by atoms with Crippen molar-refractivity contribution in [2.45, 2.75) is 0 Å². The summed E-state index contributed by atoms with van der Waals surface area (Å²) in [4.78, 5) is 0. The molecule has 0 aliphatic heterocycles. The van der Waals surface area contributed by atoms with Gasteiger partial charge in [-0.15, -0.1) is 0 Å². The normalized spacial score (nSPS) is 1.75. The predicted molar refractivity (Wildman–Crippen MR) is 14.0 cm³/mol. The molecule has 0 aromatic carbocycles. The van der Waals surface area contributed by atoms with Gasteiger partial charge in [-0.3, -0.25) is 0 Å². The smallest absolute Gasteiger partial charge is 1.00 e. The standard InChI is InChI=1S/Hg.2HI.K/h;2*1H;/q+1;;;+1/p-2. The first-order valence-corrected chi connectivity index (χ1v) is 15.7. The summed E-state index contributed by atoms with van der Waals surface area (Å²) in [5, 5.41) is 0. The third kappa shape index (κ3) is 9.39. The van der Waals surface area contributed by atoms with Crippen molar-refractivity contribution in [1.82, 2.24) is 0 Å². The largest absolute Gasteiger partial charge is 1.00 e. The van der Waals surface area contributed by atoms with Crippen LogP contribution in [0.1, 0.15) is 0 Å². The molecule has 0 atom stereocenters. The van der Waals surface area contributed by atoms with Gasteiger partial charge in [-0.2, -0.15) is 0 Å². The van der Waals surface area contributed by atoms with Gasteiger partial charge in [-0.1, -0.05) is 0 Å². The quantitative estimate of drug-likeness (QED) is 0.234. The van der Waals surface area contributed by atoms with Crippen molar-refractivity contribution in [1.29, 1.82) is 0 Å². The van der Waals surface area contributed by atoms with Gasteiger partial charge in [0.25, 0.3) is 0 Å². The first-order valence-electron chi connectivity index (χ1n) is 0.267. The van der Waals surface area contributed by atoms with E-state index >= 15 is 0 Å². The van der Waals surface area contributed by atoms with Crippen LogP contribution >= 0.6 is 17.7 Å². The Hall–Kier alpha value is 4.03. The van der Waals surface area contributed by atoms with Crippen LogP contribution in [0, 0.1) is 0 Å². The van der Waals surface area contributed by atoms with E-state index in [1.807, 2.05) is 0 Å². The summed E-state index contributed by atoms with van der Waals surface area (Å²) in [5.74, 6) is 0. The summed E-state index contributed by atoms with van der Waals surface area (Å²) < 4.78 is 0. The van der Waals surface area contributed by atoms with Crippen LogP contribution < -0.4 is 75.4 Å². The molecule has 0 aliphatic carbocycles. The second-order valence-corrected chi connectivity index (χ2v) is 0. The summed E-state index contributed by atoms with van der Waals surface area (Å²) in [5.41, 5.74) is 0. The minimum atomic E-state index is 0. The van der Waals surface area contributed by atoms with Gasteiger partial charge >= 0.3 is 90.8 Å². The maximum Gasteiger partial charge on any atom is 1.00 e. The van der Waals surface area contributed by atoms with Crippen LogP contribution in [0.15, 0.2) is 0 Å². The molecule has 17 valence electrons. The van der Waals surface area contributed by atoms with Crippen LogP contribution in [-0.4, -0.2) is 0 Å². The van der Waals surface area contributed by atoms with Crippen LogP contribution in [0.2, 0.25) is 0 Å². The number of hydrogen-bond acceptors (Lipinski definition) is 0. The zero-order valence-corrected chi connectivity index (χ0v) is 15.4. The molecule has 0 N–H and O–H groups in total. The Morgan fingerprint density at radius 1 is 1.25 bits per heavy atom. The van der Waals surface area contributed by atoms with Gasteiger partial charge in [0, 0.05) is 0 Å². The predicted octanol–water partition coefficient (Wildman–Crippen LogP) is -5.11. The molecule has 4 heteroatoms. The topological polar surface area (TPSA) is 0 Å². The van der Waals surface area contributed by atoms with E-state index in [9.17, 15) is 0 Å². The first-order chi connectivity index (χ1) is 1.00. The summed E-state index contributed by atoms with van der Waals surface area (Å²) in [6.07, 6.45) is 0. The maximum atomic E-state index is 2.34. The monoisotopic (exact) mass is 495 g/mol. The molecule has 0 nitrogen and oxygen atoms in total. The molecule has 0 saturated carbocycles. The van der Waals surface area contributed by atoms with Gasteiger partial charge in [0.1, 0.15) is 0 Å². The van der Waals surface area contributed by atoms with Crippen molar-refractivity contribution in [3.8, 4) is 0 Å². The van der Waals surface area contributed by atoms with E-state index in [-0.39, 0.29) is 75.4 Å². The fourth-order valence-corrected chi connectivity index (χ4v) is 0. The minimum Gasteiger partial charge on any atom is 1.00 e. The van der Waals surface area contributed by atoms with Crippen molar-refractivity contribution < 1.29 is 97.2 Å². The SMILES string of the molecule is [I-].[I][Hg].[K+]. The molecule has 0 radical (unpaired) electrons. The van der Waals surface area contributed by atoms with E-state index in [0.29, 0.717) is 0 Å². The van der Waals surface area contributed by atoms with Crippen molar-refractivity contribution in [3.63, 3.8) is 0 Å². The van der Waals surface area contributed by atoms with E-state index in [1.165, 1.54) is 0 Å².